The minimum absolute atomic E-state index is 0.105. The van der Waals surface area contributed by atoms with Gasteiger partial charge in [-0.3, -0.25) is 0 Å². The minimum Gasteiger partial charge on any atom is -0.383 e. The van der Waals surface area contributed by atoms with Gasteiger partial charge in [0.25, 0.3) is 0 Å². The molecule has 0 saturated carbocycles. The quantitative estimate of drug-likeness (QED) is 0.602. The summed E-state index contributed by atoms with van der Waals surface area (Å²) >= 11 is 1.18. The zero-order chi connectivity index (χ0) is 12.7. The molecule has 1 aromatic carbocycles. The number of rotatable bonds is 7. The average molecular weight is 261 g/mol. The van der Waals surface area contributed by atoms with Crippen molar-refractivity contribution in [1.29, 1.82) is 0 Å². The molecule has 96 valence electrons. The molecule has 0 atom stereocenters. The van der Waals surface area contributed by atoms with Crippen molar-refractivity contribution in [3.05, 3.63) is 29.3 Å². The van der Waals surface area contributed by atoms with Crippen molar-refractivity contribution in [3.8, 4) is 0 Å². The third-order valence-corrected chi connectivity index (χ3v) is 3.13. The molecule has 0 heterocycles. The van der Waals surface area contributed by atoms with Crippen LogP contribution in [0.3, 0.4) is 0 Å². The predicted octanol–water partition coefficient (Wildman–Crippen LogP) is 2.81. The fourth-order valence-electron chi connectivity index (χ4n) is 1.40. The molecule has 0 radical (unpaired) electrons. The summed E-state index contributed by atoms with van der Waals surface area (Å²) in [4.78, 5) is 0.105. The lowest BCUT2D eigenvalue weighted by atomic mass is 10.2. The van der Waals surface area contributed by atoms with Crippen molar-refractivity contribution in [2.75, 3.05) is 26.0 Å². The maximum absolute atomic E-state index is 13.6. The SMILES string of the molecule is CCSc1c(F)cc(CNCCOC)cc1F. The average Bonchev–Trinajstić information content (AvgIpc) is 2.29. The summed E-state index contributed by atoms with van der Waals surface area (Å²) < 4.78 is 32.0. The highest BCUT2D eigenvalue weighted by molar-refractivity contribution is 7.99. The lowest BCUT2D eigenvalue weighted by molar-refractivity contribution is 0.199. The summed E-state index contributed by atoms with van der Waals surface area (Å²) in [5.74, 6) is -0.319. The fraction of sp³-hybridized carbons (Fsp3) is 0.500. The van der Waals surface area contributed by atoms with Gasteiger partial charge < -0.3 is 10.1 Å². The predicted molar refractivity (Wildman–Crippen MR) is 66.3 cm³/mol. The van der Waals surface area contributed by atoms with E-state index in [9.17, 15) is 8.78 Å². The van der Waals surface area contributed by atoms with Gasteiger partial charge in [-0.05, 0) is 23.4 Å². The number of hydrogen-bond acceptors (Lipinski definition) is 3. The van der Waals surface area contributed by atoms with Gasteiger partial charge in [-0.25, -0.2) is 8.78 Å². The monoisotopic (exact) mass is 261 g/mol. The van der Waals surface area contributed by atoms with Crippen LogP contribution in [0.1, 0.15) is 12.5 Å². The van der Waals surface area contributed by atoms with Gasteiger partial charge in [-0.1, -0.05) is 6.92 Å². The molecule has 1 aromatic rings. The number of thioether (sulfide) groups is 1. The summed E-state index contributed by atoms with van der Waals surface area (Å²) in [6.45, 7) is 3.54. The number of halogens is 2. The third kappa shape index (κ3) is 4.61. The van der Waals surface area contributed by atoms with Crippen molar-refractivity contribution >= 4 is 11.8 Å². The Bertz CT molecular complexity index is 337. The van der Waals surface area contributed by atoms with E-state index < -0.39 is 11.6 Å². The Morgan fingerprint density at radius 3 is 2.47 bits per heavy atom. The molecule has 2 nitrogen and oxygen atoms in total. The van der Waals surface area contributed by atoms with E-state index in [0.29, 0.717) is 31.0 Å². The summed E-state index contributed by atoms with van der Waals surface area (Å²) in [5, 5.41) is 3.04. The standard InChI is InChI=1S/C12H17F2NOS/c1-3-17-12-10(13)6-9(7-11(12)14)8-15-4-5-16-2/h6-7,15H,3-5,8H2,1-2H3. The molecule has 17 heavy (non-hydrogen) atoms. The van der Waals surface area contributed by atoms with Crippen LogP contribution in [0.4, 0.5) is 8.78 Å². The Morgan fingerprint density at radius 1 is 1.29 bits per heavy atom. The van der Waals surface area contributed by atoms with Crippen molar-refractivity contribution in [1.82, 2.24) is 5.32 Å². The first-order chi connectivity index (χ1) is 8.19. The molecule has 5 heteroatoms. The number of hydrogen-bond donors (Lipinski definition) is 1. The van der Waals surface area contributed by atoms with Gasteiger partial charge in [0.2, 0.25) is 0 Å². The van der Waals surface area contributed by atoms with Crippen LogP contribution in [0.5, 0.6) is 0 Å². The van der Waals surface area contributed by atoms with Crippen LogP contribution in [0.15, 0.2) is 17.0 Å². The van der Waals surface area contributed by atoms with Crippen molar-refractivity contribution in [2.45, 2.75) is 18.4 Å². The minimum atomic E-state index is -0.486. The number of nitrogens with one attached hydrogen (secondary N) is 1. The molecule has 0 aliphatic carbocycles. The zero-order valence-corrected chi connectivity index (χ0v) is 10.9. The van der Waals surface area contributed by atoms with E-state index in [4.69, 9.17) is 4.74 Å². The highest BCUT2D eigenvalue weighted by Crippen LogP contribution is 2.26. The molecule has 0 aliphatic rings. The van der Waals surface area contributed by atoms with Crippen LogP contribution >= 0.6 is 11.8 Å². The summed E-state index contributed by atoms with van der Waals surface area (Å²) in [5.41, 5.74) is 0.608. The van der Waals surface area contributed by atoms with Gasteiger partial charge in [-0.2, -0.15) is 0 Å². The molecule has 0 bridgehead atoms. The summed E-state index contributed by atoms with van der Waals surface area (Å²) in [6.07, 6.45) is 0. The second kappa shape index (κ2) is 7.63. The van der Waals surface area contributed by atoms with E-state index in [1.165, 1.54) is 23.9 Å². The Balaban J connectivity index is 2.63. The molecule has 0 amide bonds. The second-order valence-electron chi connectivity index (χ2n) is 3.49. The molecule has 0 spiro atoms. The molecule has 0 aliphatic heterocycles. The lowest BCUT2D eigenvalue weighted by Crippen LogP contribution is -2.18. The Hall–Kier alpha value is -0.650. The van der Waals surface area contributed by atoms with Crippen molar-refractivity contribution in [3.63, 3.8) is 0 Å². The second-order valence-corrected chi connectivity index (χ2v) is 4.77. The van der Waals surface area contributed by atoms with E-state index in [-0.39, 0.29) is 4.90 Å². The van der Waals surface area contributed by atoms with Gasteiger partial charge >= 0.3 is 0 Å². The first-order valence-electron chi connectivity index (χ1n) is 5.49. The molecular weight excluding hydrogens is 244 g/mol. The maximum Gasteiger partial charge on any atom is 0.140 e. The zero-order valence-electron chi connectivity index (χ0n) is 10.1. The lowest BCUT2D eigenvalue weighted by Gasteiger charge is -2.08. The Kier molecular flexibility index (Phi) is 6.47. The Labute approximate surface area is 105 Å². The maximum atomic E-state index is 13.6. The smallest absolute Gasteiger partial charge is 0.140 e. The first-order valence-corrected chi connectivity index (χ1v) is 6.48. The van der Waals surface area contributed by atoms with Gasteiger partial charge in [0.15, 0.2) is 0 Å². The molecular formula is C12H17F2NOS. The largest absolute Gasteiger partial charge is 0.383 e. The normalized spacial score (nSPS) is 10.8. The van der Waals surface area contributed by atoms with E-state index in [0.717, 1.165) is 0 Å². The first kappa shape index (κ1) is 14.4. The number of ether oxygens (including phenoxy) is 1. The van der Waals surface area contributed by atoms with E-state index in [1.54, 1.807) is 7.11 Å². The van der Waals surface area contributed by atoms with Gasteiger partial charge in [-0.15, -0.1) is 11.8 Å². The van der Waals surface area contributed by atoms with Crippen LogP contribution in [-0.2, 0) is 11.3 Å². The summed E-state index contributed by atoms with van der Waals surface area (Å²) in [7, 11) is 1.61. The fourth-order valence-corrected chi connectivity index (χ4v) is 2.09. The molecule has 1 N–H and O–H groups in total. The van der Waals surface area contributed by atoms with E-state index >= 15 is 0 Å². The van der Waals surface area contributed by atoms with Crippen LogP contribution in [0.25, 0.3) is 0 Å². The highest BCUT2D eigenvalue weighted by Gasteiger charge is 2.10. The van der Waals surface area contributed by atoms with Crippen molar-refractivity contribution < 1.29 is 13.5 Å². The van der Waals surface area contributed by atoms with Gasteiger partial charge in [0.05, 0.1) is 11.5 Å². The molecule has 0 unspecified atom stereocenters. The third-order valence-electron chi connectivity index (χ3n) is 2.16. The summed E-state index contributed by atoms with van der Waals surface area (Å²) in [6, 6.07) is 2.75. The van der Waals surface area contributed by atoms with Crippen molar-refractivity contribution in [2.24, 2.45) is 0 Å². The molecule has 1 rings (SSSR count). The van der Waals surface area contributed by atoms with Gasteiger partial charge in [0, 0.05) is 20.2 Å². The van der Waals surface area contributed by atoms with Gasteiger partial charge in [0.1, 0.15) is 11.6 Å². The molecule has 0 saturated heterocycles. The topological polar surface area (TPSA) is 21.3 Å². The number of benzene rings is 1. The molecule has 0 aromatic heterocycles. The highest BCUT2D eigenvalue weighted by atomic mass is 32.2. The van der Waals surface area contributed by atoms with Crippen LogP contribution in [0, 0.1) is 11.6 Å². The Morgan fingerprint density at radius 2 is 1.94 bits per heavy atom. The number of methoxy groups -OCH3 is 1. The van der Waals surface area contributed by atoms with Crippen LogP contribution < -0.4 is 5.32 Å². The van der Waals surface area contributed by atoms with E-state index in [1.807, 2.05) is 6.92 Å². The van der Waals surface area contributed by atoms with E-state index in [2.05, 4.69) is 5.32 Å². The van der Waals surface area contributed by atoms with Crippen LogP contribution in [-0.4, -0.2) is 26.0 Å². The van der Waals surface area contributed by atoms with Crippen LogP contribution in [0.2, 0.25) is 0 Å². The molecule has 0 fully saturated rings.